The Balaban J connectivity index is 1.89. The quantitative estimate of drug-likeness (QED) is 0.858. The molecular formula is C18H13NO4S. The molecule has 24 heavy (non-hydrogen) atoms. The molecule has 0 unspecified atom stereocenters. The molecule has 0 radical (unpaired) electrons. The molecule has 0 aromatic heterocycles. The number of carbonyl (C=O) groups is 3. The molecule has 2 aromatic carbocycles. The van der Waals surface area contributed by atoms with E-state index in [1.54, 1.807) is 36.4 Å². The lowest BCUT2D eigenvalue weighted by Gasteiger charge is -2.12. The summed E-state index contributed by atoms with van der Waals surface area (Å²) in [6.45, 7) is 1.89. The molecule has 1 fully saturated rings. The number of hydrogen-bond acceptors (Lipinski definition) is 4. The van der Waals surface area contributed by atoms with E-state index in [2.05, 4.69) is 0 Å². The Labute approximate surface area is 142 Å². The maximum absolute atomic E-state index is 12.5. The Hall–Kier alpha value is -2.86. The fourth-order valence-corrected chi connectivity index (χ4v) is 3.17. The van der Waals surface area contributed by atoms with E-state index in [0.29, 0.717) is 16.2 Å². The average Bonchev–Trinajstić information content (AvgIpc) is 2.82. The summed E-state index contributed by atoms with van der Waals surface area (Å²) < 4.78 is 0. The molecule has 6 heteroatoms. The van der Waals surface area contributed by atoms with Gasteiger partial charge in [-0.1, -0.05) is 24.3 Å². The number of aromatic carboxylic acids is 1. The second-order valence-electron chi connectivity index (χ2n) is 5.28. The third kappa shape index (κ3) is 3.09. The number of rotatable bonds is 3. The highest BCUT2D eigenvalue weighted by molar-refractivity contribution is 8.19. The zero-order valence-electron chi connectivity index (χ0n) is 12.7. The van der Waals surface area contributed by atoms with Gasteiger partial charge in [0.25, 0.3) is 11.1 Å². The third-order valence-corrected chi connectivity index (χ3v) is 4.38. The minimum absolute atomic E-state index is 0.167. The maximum atomic E-state index is 12.5. The number of amides is 2. The van der Waals surface area contributed by atoms with Crippen LogP contribution in [0.5, 0.6) is 0 Å². The van der Waals surface area contributed by atoms with Crippen LogP contribution in [0.4, 0.5) is 10.5 Å². The number of imide groups is 1. The Morgan fingerprint density at radius 3 is 2.46 bits per heavy atom. The Morgan fingerprint density at radius 2 is 1.83 bits per heavy atom. The van der Waals surface area contributed by atoms with Gasteiger partial charge in [-0.2, -0.15) is 0 Å². The van der Waals surface area contributed by atoms with E-state index in [0.717, 1.165) is 22.2 Å². The highest BCUT2D eigenvalue weighted by atomic mass is 32.2. The highest BCUT2D eigenvalue weighted by Gasteiger charge is 2.36. The van der Waals surface area contributed by atoms with Crippen molar-refractivity contribution in [2.45, 2.75) is 6.92 Å². The first-order valence-electron chi connectivity index (χ1n) is 7.14. The van der Waals surface area contributed by atoms with Crippen molar-refractivity contribution >= 4 is 40.6 Å². The molecular weight excluding hydrogens is 326 g/mol. The minimum Gasteiger partial charge on any atom is -0.478 e. The fraction of sp³-hybridized carbons (Fsp3) is 0.0556. The number of carbonyl (C=O) groups excluding carboxylic acids is 2. The van der Waals surface area contributed by atoms with Crippen molar-refractivity contribution in [1.29, 1.82) is 0 Å². The van der Waals surface area contributed by atoms with Gasteiger partial charge in [-0.05, 0) is 60.2 Å². The van der Waals surface area contributed by atoms with E-state index in [4.69, 9.17) is 5.11 Å². The number of hydrogen-bond donors (Lipinski definition) is 1. The number of carboxylic acids is 1. The van der Waals surface area contributed by atoms with Gasteiger partial charge in [0, 0.05) is 0 Å². The standard InChI is InChI=1S/C18H13NO4S/c1-11-3-2-4-14(9-11)19-16(20)15(24-18(19)23)10-12-5-7-13(8-6-12)17(21)22/h2-10H,1H3,(H,21,22)/b15-10+. The molecule has 1 N–H and O–H groups in total. The van der Waals surface area contributed by atoms with Crippen LogP contribution < -0.4 is 4.90 Å². The van der Waals surface area contributed by atoms with Gasteiger partial charge < -0.3 is 5.11 Å². The predicted molar refractivity (Wildman–Crippen MR) is 93.0 cm³/mol. The Morgan fingerprint density at radius 1 is 1.12 bits per heavy atom. The lowest BCUT2D eigenvalue weighted by Crippen LogP contribution is -2.27. The Kier molecular flexibility index (Phi) is 4.22. The fourth-order valence-electron chi connectivity index (χ4n) is 2.33. The molecule has 120 valence electrons. The highest BCUT2D eigenvalue weighted by Crippen LogP contribution is 2.35. The zero-order valence-corrected chi connectivity index (χ0v) is 13.5. The summed E-state index contributed by atoms with van der Waals surface area (Å²) in [5.41, 5.74) is 2.33. The predicted octanol–water partition coefficient (Wildman–Crippen LogP) is 3.93. The minimum atomic E-state index is -1.01. The van der Waals surface area contributed by atoms with Crippen molar-refractivity contribution < 1.29 is 19.5 Å². The van der Waals surface area contributed by atoms with Gasteiger partial charge in [-0.3, -0.25) is 9.59 Å². The van der Waals surface area contributed by atoms with Gasteiger partial charge >= 0.3 is 5.97 Å². The summed E-state index contributed by atoms with van der Waals surface area (Å²) in [7, 11) is 0. The van der Waals surface area contributed by atoms with Gasteiger partial charge in [0.15, 0.2) is 0 Å². The van der Waals surface area contributed by atoms with Crippen LogP contribution in [0, 0.1) is 6.92 Å². The second-order valence-corrected chi connectivity index (χ2v) is 6.28. The van der Waals surface area contributed by atoms with Crippen LogP contribution >= 0.6 is 11.8 Å². The van der Waals surface area contributed by atoms with Gasteiger partial charge in [-0.15, -0.1) is 0 Å². The number of anilines is 1. The molecule has 0 saturated carbocycles. The first-order chi connectivity index (χ1) is 11.5. The van der Waals surface area contributed by atoms with E-state index in [-0.39, 0.29) is 16.7 Å². The summed E-state index contributed by atoms with van der Waals surface area (Å²) in [5, 5.41) is 8.55. The molecule has 1 heterocycles. The molecule has 0 spiro atoms. The second kappa shape index (κ2) is 6.33. The molecule has 1 aliphatic rings. The van der Waals surface area contributed by atoms with Gasteiger partial charge in [0.2, 0.25) is 0 Å². The van der Waals surface area contributed by atoms with E-state index < -0.39 is 5.97 Å². The normalized spacial score (nSPS) is 16.0. The summed E-state index contributed by atoms with van der Waals surface area (Å²) >= 11 is 0.870. The van der Waals surface area contributed by atoms with Crippen molar-refractivity contribution in [2.75, 3.05) is 4.90 Å². The van der Waals surface area contributed by atoms with Gasteiger partial charge in [0.1, 0.15) is 0 Å². The number of thioether (sulfide) groups is 1. The molecule has 5 nitrogen and oxygen atoms in total. The molecule has 0 atom stereocenters. The summed E-state index contributed by atoms with van der Waals surface area (Å²) in [6, 6.07) is 13.3. The molecule has 1 saturated heterocycles. The number of benzene rings is 2. The molecule has 2 aromatic rings. The first-order valence-corrected chi connectivity index (χ1v) is 7.95. The lowest BCUT2D eigenvalue weighted by molar-refractivity contribution is -0.113. The molecule has 0 bridgehead atoms. The third-order valence-electron chi connectivity index (χ3n) is 3.51. The number of aryl methyl sites for hydroxylation is 1. The van der Waals surface area contributed by atoms with E-state index in [9.17, 15) is 14.4 Å². The monoisotopic (exact) mass is 339 g/mol. The lowest BCUT2D eigenvalue weighted by atomic mass is 10.1. The van der Waals surface area contributed by atoms with E-state index in [1.165, 1.54) is 12.1 Å². The first kappa shape index (κ1) is 16.0. The SMILES string of the molecule is Cc1cccc(N2C(=O)S/C(=C/c3ccc(C(=O)O)cc3)C2=O)c1. The summed E-state index contributed by atoms with van der Waals surface area (Å²) in [5.74, 6) is -1.39. The molecule has 0 aliphatic carbocycles. The van der Waals surface area contributed by atoms with Crippen molar-refractivity contribution in [2.24, 2.45) is 0 Å². The van der Waals surface area contributed by atoms with Crippen LogP contribution in [0.2, 0.25) is 0 Å². The number of carboxylic acid groups (broad SMARTS) is 1. The van der Waals surface area contributed by atoms with Crippen LogP contribution in [0.3, 0.4) is 0 Å². The topological polar surface area (TPSA) is 74.7 Å². The van der Waals surface area contributed by atoms with Crippen molar-refractivity contribution in [3.63, 3.8) is 0 Å². The van der Waals surface area contributed by atoms with Crippen LogP contribution in [0.25, 0.3) is 6.08 Å². The summed E-state index contributed by atoms with van der Waals surface area (Å²) in [6.07, 6.45) is 1.59. The van der Waals surface area contributed by atoms with E-state index in [1.807, 2.05) is 13.0 Å². The largest absolute Gasteiger partial charge is 0.478 e. The molecule has 3 rings (SSSR count). The molecule has 1 aliphatic heterocycles. The van der Waals surface area contributed by atoms with Crippen LogP contribution in [-0.4, -0.2) is 22.2 Å². The average molecular weight is 339 g/mol. The smallest absolute Gasteiger partial charge is 0.335 e. The zero-order chi connectivity index (χ0) is 17.3. The van der Waals surface area contributed by atoms with Crippen molar-refractivity contribution in [3.8, 4) is 0 Å². The van der Waals surface area contributed by atoms with Gasteiger partial charge in [-0.25, -0.2) is 9.69 Å². The van der Waals surface area contributed by atoms with E-state index >= 15 is 0 Å². The maximum Gasteiger partial charge on any atom is 0.335 e. The Bertz CT molecular complexity index is 871. The van der Waals surface area contributed by atoms with Crippen LogP contribution in [0.15, 0.2) is 53.4 Å². The molecule has 2 amide bonds. The van der Waals surface area contributed by atoms with Crippen molar-refractivity contribution in [1.82, 2.24) is 0 Å². The van der Waals surface area contributed by atoms with Crippen LogP contribution in [-0.2, 0) is 4.79 Å². The summed E-state index contributed by atoms with van der Waals surface area (Å²) in [4.78, 5) is 37.0. The van der Waals surface area contributed by atoms with Gasteiger partial charge in [0.05, 0.1) is 16.2 Å². The van der Waals surface area contributed by atoms with Crippen molar-refractivity contribution in [3.05, 3.63) is 70.1 Å². The van der Waals surface area contributed by atoms with Crippen LogP contribution in [0.1, 0.15) is 21.5 Å². The number of nitrogens with zero attached hydrogens (tertiary/aromatic N) is 1.